The smallest absolute Gasteiger partial charge is 0.146 e. The van der Waals surface area contributed by atoms with E-state index >= 15 is 0 Å². The molecule has 3 aromatic rings. The Labute approximate surface area is 277 Å². The lowest BCUT2D eigenvalue weighted by Gasteiger charge is -2.23. The van der Waals surface area contributed by atoms with Gasteiger partial charge in [0.2, 0.25) is 0 Å². The van der Waals surface area contributed by atoms with Crippen LogP contribution in [0.4, 0.5) is 5.69 Å². The second-order valence-corrected chi connectivity index (χ2v) is 10.3. The molecule has 256 valence electrons. The summed E-state index contributed by atoms with van der Waals surface area (Å²) < 4.78 is 21.6. The second kappa shape index (κ2) is 25.0. The number of ether oxygens (including phenoxy) is 4. The second-order valence-electron chi connectivity index (χ2n) is 10.3. The molecule has 0 unspecified atom stereocenters. The highest BCUT2D eigenvalue weighted by Gasteiger charge is 2.14. The third-order valence-electron chi connectivity index (χ3n) is 7.25. The monoisotopic (exact) mass is 638 g/mol. The lowest BCUT2D eigenvalue weighted by Crippen LogP contribution is -2.31. The molecule has 9 nitrogen and oxygen atoms in total. The van der Waals surface area contributed by atoms with Gasteiger partial charge < -0.3 is 24.1 Å². The maximum Gasteiger partial charge on any atom is 0.146 e. The van der Waals surface area contributed by atoms with Crippen LogP contribution < -0.4 is 0 Å². The van der Waals surface area contributed by atoms with E-state index in [4.69, 9.17) is 14.2 Å². The van der Waals surface area contributed by atoms with Gasteiger partial charge in [-0.05, 0) is 44.3 Å². The van der Waals surface area contributed by atoms with Crippen LogP contribution in [0.25, 0.3) is 17.0 Å². The molecule has 2 aromatic carbocycles. The number of aromatic hydroxyl groups is 1. The van der Waals surface area contributed by atoms with Crippen molar-refractivity contribution in [3.8, 4) is 5.75 Å². The number of aryl methyl sites for hydroxylation is 1. The first-order valence-electron chi connectivity index (χ1n) is 16.3. The molecule has 0 aliphatic heterocycles. The molecule has 0 saturated carbocycles. The fraction of sp³-hybridized carbons (Fsp3) is 0.514. The third kappa shape index (κ3) is 14.1. The van der Waals surface area contributed by atoms with E-state index in [1.54, 1.807) is 20.3 Å². The van der Waals surface area contributed by atoms with Crippen LogP contribution in [0.2, 0.25) is 0 Å². The third-order valence-corrected chi connectivity index (χ3v) is 7.25. The van der Waals surface area contributed by atoms with Crippen LogP contribution >= 0.6 is 0 Å². The summed E-state index contributed by atoms with van der Waals surface area (Å²) in [4.78, 5) is 13.1. The van der Waals surface area contributed by atoms with Crippen LogP contribution in [-0.4, -0.2) is 107 Å². The van der Waals surface area contributed by atoms with Gasteiger partial charge in [-0.15, -0.1) is 0 Å². The molecule has 0 atom stereocenters. The van der Waals surface area contributed by atoms with Gasteiger partial charge in [0.1, 0.15) is 11.4 Å². The van der Waals surface area contributed by atoms with Gasteiger partial charge in [-0.25, -0.2) is 0 Å². The fourth-order valence-electron chi connectivity index (χ4n) is 4.75. The van der Waals surface area contributed by atoms with Gasteiger partial charge in [-0.3, -0.25) is 19.8 Å². The van der Waals surface area contributed by atoms with Gasteiger partial charge in [-0.2, -0.15) is 0 Å². The largest absolute Gasteiger partial charge is 0.505 e. The van der Waals surface area contributed by atoms with Crippen molar-refractivity contribution in [1.82, 2.24) is 14.8 Å². The van der Waals surface area contributed by atoms with Gasteiger partial charge in [-0.1, -0.05) is 63.8 Å². The molecule has 0 saturated heterocycles. The molecule has 1 N–H and O–H groups in total. The van der Waals surface area contributed by atoms with Crippen molar-refractivity contribution in [2.75, 3.05) is 80.0 Å². The predicted molar refractivity (Wildman–Crippen MR) is 193 cm³/mol. The van der Waals surface area contributed by atoms with E-state index in [0.717, 1.165) is 42.8 Å². The fourth-order valence-corrected chi connectivity index (χ4v) is 4.75. The Morgan fingerprint density at radius 1 is 0.848 bits per heavy atom. The molecule has 0 amide bonds. The van der Waals surface area contributed by atoms with Crippen molar-refractivity contribution in [3.05, 3.63) is 71.4 Å². The van der Waals surface area contributed by atoms with E-state index in [1.165, 1.54) is 16.5 Å². The Balaban J connectivity index is 0.00000199. The minimum absolute atomic E-state index is 0.140. The SMILES string of the molecule is C=Cc1ccc(CN(CCOCC)CCOCCOCCN(CC)Cc2ccc3cccnc3c2C)c(O)c1N=C.CC.COC. The van der Waals surface area contributed by atoms with Gasteiger partial charge in [0, 0.05) is 76.3 Å². The molecule has 0 radical (unpaired) electrons. The molecule has 9 heteroatoms. The number of pyridine rings is 1. The molecule has 46 heavy (non-hydrogen) atoms. The molecular weight excluding hydrogens is 580 g/mol. The molecule has 1 heterocycles. The Kier molecular flexibility index (Phi) is 22.2. The summed E-state index contributed by atoms with van der Waals surface area (Å²) in [7, 11) is 3.25. The van der Waals surface area contributed by atoms with Crippen molar-refractivity contribution in [3.63, 3.8) is 0 Å². The summed E-state index contributed by atoms with van der Waals surface area (Å²) >= 11 is 0. The van der Waals surface area contributed by atoms with E-state index in [-0.39, 0.29) is 5.75 Å². The summed E-state index contributed by atoms with van der Waals surface area (Å²) in [6.07, 6.45) is 3.52. The average molecular weight is 639 g/mol. The maximum atomic E-state index is 10.7. The Bertz CT molecular complexity index is 1270. The number of aromatic nitrogens is 1. The van der Waals surface area contributed by atoms with Crippen molar-refractivity contribution >= 4 is 29.4 Å². The number of methoxy groups -OCH3 is 1. The number of likely N-dealkylation sites (N-methyl/N-ethyl adjacent to an activating group) is 1. The number of rotatable bonds is 20. The van der Waals surface area contributed by atoms with Crippen LogP contribution in [0.3, 0.4) is 0 Å². The first-order valence-corrected chi connectivity index (χ1v) is 16.3. The zero-order chi connectivity index (χ0) is 34.2. The molecule has 0 bridgehead atoms. The summed E-state index contributed by atoms with van der Waals surface area (Å²) in [6.45, 7) is 25.9. The predicted octanol–water partition coefficient (Wildman–Crippen LogP) is 6.91. The van der Waals surface area contributed by atoms with Crippen LogP contribution in [-0.2, 0) is 32.0 Å². The minimum Gasteiger partial charge on any atom is -0.505 e. The number of aliphatic imine (C=N–C) groups is 1. The number of hydrogen-bond donors (Lipinski definition) is 1. The summed E-state index contributed by atoms with van der Waals surface area (Å²) in [5.41, 5.74) is 5.63. The lowest BCUT2D eigenvalue weighted by molar-refractivity contribution is 0.0265. The zero-order valence-corrected chi connectivity index (χ0v) is 29.4. The summed E-state index contributed by atoms with van der Waals surface area (Å²) in [6, 6.07) is 12.3. The highest BCUT2D eigenvalue weighted by molar-refractivity contribution is 5.82. The average Bonchev–Trinajstić information content (AvgIpc) is 3.08. The van der Waals surface area contributed by atoms with Crippen molar-refractivity contribution in [1.29, 1.82) is 0 Å². The van der Waals surface area contributed by atoms with Gasteiger partial charge in [0.05, 0.1) is 38.6 Å². The number of phenols is 1. The lowest BCUT2D eigenvalue weighted by atomic mass is 10.0. The summed E-state index contributed by atoms with van der Waals surface area (Å²) in [5, 5.41) is 11.9. The van der Waals surface area contributed by atoms with E-state index in [1.807, 2.05) is 45.2 Å². The molecule has 3 rings (SSSR count). The van der Waals surface area contributed by atoms with E-state index < -0.39 is 0 Å². The highest BCUT2D eigenvalue weighted by atomic mass is 16.5. The number of benzene rings is 2. The highest BCUT2D eigenvalue weighted by Crippen LogP contribution is 2.35. The molecule has 0 aliphatic rings. The van der Waals surface area contributed by atoms with Crippen LogP contribution in [0, 0.1) is 6.92 Å². The van der Waals surface area contributed by atoms with Crippen molar-refractivity contribution in [2.45, 2.75) is 47.7 Å². The standard InChI is InChI=1S/C33H46N4O4.C2H6O.C2H6/c1-6-27-11-14-30(33(38)32(27)34-5)25-37(17-19-39-8-3)18-21-41-23-22-40-20-16-36(7-2)24-29-13-12-28-10-9-15-35-31(28)26(29)4;1-3-2;1-2/h6,9-15,38H,1,5,7-8,16-25H2,2-4H3;1-2H3;1-2H3. The minimum atomic E-state index is 0.140. The Morgan fingerprint density at radius 2 is 1.43 bits per heavy atom. The van der Waals surface area contributed by atoms with Crippen LogP contribution in [0.1, 0.15) is 49.9 Å². The number of hydrogen-bond acceptors (Lipinski definition) is 9. The quantitative estimate of drug-likeness (QED) is 0.106. The van der Waals surface area contributed by atoms with Crippen LogP contribution in [0.5, 0.6) is 5.75 Å². The first-order chi connectivity index (χ1) is 22.4. The molecule has 1 aromatic heterocycles. The number of fused-ring (bicyclic) bond motifs is 1. The van der Waals surface area contributed by atoms with Gasteiger partial charge in [0.25, 0.3) is 0 Å². The molecular formula is C37H58N4O5. The maximum absolute atomic E-state index is 10.7. The number of nitrogens with zero attached hydrogens (tertiary/aromatic N) is 4. The molecule has 0 aliphatic carbocycles. The van der Waals surface area contributed by atoms with Gasteiger partial charge in [0.15, 0.2) is 0 Å². The van der Waals surface area contributed by atoms with E-state index in [9.17, 15) is 5.11 Å². The van der Waals surface area contributed by atoms with Crippen molar-refractivity contribution < 1.29 is 24.1 Å². The van der Waals surface area contributed by atoms with Crippen LogP contribution in [0.15, 0.2) is 54.2 Å². The van der Waals surface area contributed by atoms with E-state index in [2.05, 4.69) is 69.9 Å². The van der Waals surface area contributed by atoms with Gasteiger partial charge >= 0.3 is 0 Å². The zero-order valence-electron chi connectivity index (χ0n) is 29.4. The first kappa shape index (κ1) is 40.8. The van der Waals surface area contributed by atoms with Crippen molar-refractivity contribution in [2.24, 2.45) is 4.99 Å². The molecule has 0 fully saturated rings. The number of phenolic OH excluding ortho intramolecular Hbond substituents is 1. The van der Waals surface area contributed by atoms with E-state index in [0.29, 0.717) is 58.4 Å². The normalized spacial score (nSPS) is 10.8. The Morgan fingerprint density at radius 3 is 2.02 bits per heavy atom. The topological polar surface area (TPSA) is 88.9 Å². The Hall–Kier alpha value is -3.18. The molecule has 0 spiro atoms. The summed E-state index contributed by atoms with van der Waals surface area (Å²) in [5.74, 6) is 0.140.